The lowest BCUT2D eigenvalue weighted by atomic mass is 10.1. The Morgan fingerprint density at radius 3 is 2.50 bits per heavy atom. The molecule has 0 unspecified atom stereocenters. The van der Waals surface area contributed by atoms with Gasteiger partial charge in [0.2, 0.25) is 0 Å². The van der Waals surface area contributed by atoms with Crippen LogP contribution in [0.3, 0.4) is 0 Å². The molecule has 0 N–H and O–H groups in total. The summed E-state index contributed by atoms with van der Waals surface area (Å²) in [6.45, 7) is 3.07. The van der Waals surface area contributed by atoms with Crippen molar-refractivity contribution in [1.82, 2.24) is 0 Å². The minimum Gasteiger partial charge on any atom is -0.294 e. The molecular weight excluding hydrogens is 270 g/mol. The van der Waals surface area contributed by atoms with Crippen LogP contribution in [0, 0.1) is 16.3 Å². The van der Waals surface area contributed by atoms with Crippen LogP contribution in [0.15, 0.2) is 12.1 Å². The molecule has 12 heavy (non-hydrogen) atoms. The normalized spacial score (nSPS) is 10.0. The lowest BCUT2D eigenvalue weighted by Crippen LogP contribution is -2.01. The van der Waals surface area contributed by atoms with Gasteiger partial charge in [-0.05, 0) is 54.1 Å². The van der Waals surface area contributed by atoms with E-state index in [0.29, 0.717) is 11.1 Å². The van der Waals surface area contributed by atoms with E-state index in [1.807, 2.05) is 22.6 Å². The molecule has 0 aromatic heterocycles. The summed E-state index contributed by atoms with van der Waals surface area (Å²) in [5, 5.41) is 0. The highest BCUT2D eigenvalue weighted by Gasteiger charge is 2.11. The van der Waals surface area contributed by atoms with E-state index in [2.05, 4.69) is 0 Å². The predicted octanol–water partition coefficient (Wildman–Crippen LogP) is 2.94. The molecule has 0 aliphatic heterocycles. The van der Waals surface area contributed by atoms with Gasteiger partial charge in [0, 0.05) is 9.13 Å². The molecule has 3 heteroatoms. The molecule has 0 saturated heterocycles. The van der Waals surface area contributed by atoms with Crippen molar-refractivity contribution in [3.05, 3.63) is 32.6 Å². The third kappa shape index (κ3) is 1.65. The van der Waals surface area contributed by atoms with Crippen LogP contribution < -0.4 is 0 Å². The van der Waals surface area contributed by atoms with Crippen molar-refractivity contribution in [3.63, 3.8) is 0 Å². The largest absolute Gasteiger partial charge is 0.294 e. The average molecular weight is 278 g/mol. The number of ketones is 1. The number of benzene rings is 1. The zero-order valence-corrected chi connectivity index (χ0v) is 8.98. The van der Waals surface area contributed by atoms with Gasteiger partial charge in [0.05, 0.1) is 0 Å². The fourth-order valence-electron chi connectivity index (χ4n) is 1.09. The molecule has 0 amide bonds. The predicted molar refractivity (Wildman–Crippen MR) is 53.9 cm³/mol. The van der Waals surface area contributed by atoms with E-state index < -0.39 is 0 Å². The second-order valence-corrected chi connectivity index (χ2v) is 3.75. The van der Waals surface area contributed by atoms with E-state index in [1.165, 1.54) is 13.0 Å². The number of rotatable bonds is 1. The quantitative estimate of drug-likeness (QED) is 0.570. The SMILES string of the molecule is CC(=O)c1c(I)ccc(F)c1C. The van der Waals surface area contributed by atoms with E-state index in [0.717, 1.165) is 3.57 Å². The molecule has 0 atom stereocenters. The van der Waals surface area contributed by atoms with Crippen LogP contribution in [0.25, 0.3) is 0 Å². The highest BCUT2D eigenvalue weighted by Crippen LogP contribution is 2.19. The Kier molecular flexibility index (Phi) is 2.82. The summed E-state index contributed by atoms with van der Waals surface area (Å²) in [6, 6.07) is 2.99. The number of halogens is 2. The Hall–Kier alpha value is -0.450. The highest BCUT2D eigenvalue weighted by atomic mass is 127. The first kappa shape index (κ1) is 9.64. The van der Waals surface area contributed by atoms with Gasteiger partial charge >= 0.3 is 0 Å². The summed E-state index contributed by atoms with van der Waals surface area (Å²) in [5.41, 5.74) is 0.935. The van der Waals surface area contributed by atoms with E-state index in [4.69, 9.17) is 0 Å². The molecule has 0 bridgehead atoms. The minimum absolute atomic E-state index is 0.0867. The molecule has 0 heterocycles. The highest BCUT2D eigenvalue weighted by molar-refractivity contribution is 14.1. The molecule has 1 rings (SSSR count). The average Bonchev–Trinajstić information content (AvgIpc) is 1.97. The molecule has 0 fully saturated rings. The molecule has 0 spiro atoms. The molecule has 1 nitrogen and oxygen atoms in total. The topological polar surface area (TPSA) is 17.1 Å². The number of Topliss-reactive ketones (excluding diaryl/α,β-unsaturated/α-hetero) is 1. The van der Waals surface area contributed by atoms with Crippen LogP contribution in [0.2, 0.25) is 0 Å². The van der Waals surface area contributed by atoms with Crippen molar-refractivity contribution in [2.24, 2.45) is 0 Å². The van der Waals surface area contributed by atoms with Crippen LogP contribution in [0.5, 0.6) is 0 Å². The Labute approximate surface area is 84.1 Å². The molecule has 0 aliphatic carbocycles. The molecule has 1 aromatic carbocycles. The van der Waals surface area contributed by atoms with E-state index in [-0.39, 0.29) is 11.6 Å². The Morgan fingerprint density at radius 2 is 2.08 bits per heavy atom. The Balaban J connectivity index is 3.43. The summed E-state index contributed by atoms with van der Waals surface area (Å²) in [4.78, 5) is 11.1. The standard InChI is InChI=1S/C9H8FIO/c1-5-7(10)3-4-8(11)9(5)6(2)12/h3-4H,1-2H3. The first-order chi connectivity index (χ1) is 5.54. The number of carbonyl (C=O) groups is 1. The van der Waals surface area contributed by atoms with Crippen LogP contribution in [0.4, 0.5) is 4.39 Å². The van der Waals surface area contributed by atoms with Crippen molar-refractivity contribution in [3.8, 4) is 0 Å². The summed E-state index contributed by atoms with van der Waals surface area (Å²) in [7, 11) is 0. The minimum atomic E-state index is -0.319. The summed E-state index contributed by atoms with van der Waals surface area (Å²) >= 11 is 2.03. The third-order valence-electron chi connectivity index (χ3n) is 1.70. The summed E-state index contributed by atoms with van der Waals surface area (Å²) < 4.78 is 13.8. The Morgan fingerprint density at radius 1 is 1.50 bits per heavy atom. The van der Waals surface area contributed by atoms with Gasteiger partial charge in [-0.1, -0.05) is 0 Å². The maximum absolute atomic E-state index is 13.0. The molecule has 1 aromatic rings. The second-order valence-electron chi connectivity index (χ2n) is 2.59. The van der Waals surface area contributed by atoms with Gasteiger partial charge in [-0.2, -0.15) is 0 Å². The zero-order valence-electron chi connectivity index (χ0n) is 6.82. The van der Waals surface area contributed by atoms with Crippen LogP contribution in [-0.2, 0) is 0 Å². The van der Waals surface area contributed by atoms with Crippen LogP contribution in [-0.4, -0.2) is 5.78 Å². The van der Waals surface area contributed by atoms with Gasteiger partial charge in [-0.3, -0.25) is 4.79 Å². The van der Waals surface area contributed by atoms with Crippen molar-refractivity contribution < 1.29 is 9.18 Å². The van der Waals surface area contributed by atoms with Gasteiger partial charge in [-0.25, -0.2) is 4.39 Å². The Bertz CT molecular complexity index is 334. The van der Waals surface area contributed by atoms with Crippen molar-refractivity contribution >= 4 is 28.4 Å². The van der Waals surface area contributed by atoms with Crippen LogP contribution >= 0.6 is 22.6 Å². The lowest BCUT2D eigenvalue weighted by Gasteiger charge is -2.04. The molecule has 0 radical (unpaired) electrons. The summed E-state index contributed by atoms with van der Waals surface area (Å²) in [6.07, 6.45) is 0. The lowest BCUT2D eigenvalue weighted by molar-refractivity contribution is 0.101. The van der Waals surface area contributed by atoms with Gasteiger partial charge in [0.15, 0.2) is 5.78 Å². The maximum atomic E-state index is 13.0. The molecule has 0 aliphatic rings. The monoisotopic (exact) mass is 278 g/mol. The van der Waals surface area contributed by atoms with Crippen molar-refractivity contribution in [2.75, 3.05) is 0 Å². The van der Waals surface area contributed by atoms with E-state index in [9.17, 15) is 9.18 Å². The molecule has 64 valence electrons. The van der Waals surface area contributed by atoms with Gasteiger partial charge < -0.3 is 0 Å². The second kappa shape index (κ2) is 3.51. The van der Waals surface area contributed by atoms with Gasteiger partial charge in [-0.15, -0.1) is 0 Å². The third-order valence-corrected chi connectivity index (χ3v) is 2.60. The van der Waals surface area contributed by atoms with Crippen molar-refractivity contribution in [2.45, 2.75) is 13.8 Å². The smallest absolute Gasteiger partial charge is 0.161 e. The fraction of sp³-hybridized carbons (Fsp3) is 0.222. The summed E-state index contributed by atoms with van der Waals surface area (Å²) in [5.74, 6) is -0.406. The number of hydrogen-bond acceptors (Lipinski definition) is 1. The number of hydrogen-bond donors (Lipinski definition) is 0. The molecule has 0 saturated carbocycles. The van der Waals surface area contributed by atoms with Crippen LogP contribution in [0.1, 0.15) is 22.8 Å². The number of carbonyl (C=O) groups excluding carboxylic acids is 1. The fourth-order valence-corrected chi connectivity index (χ4v) is 2.05. The zero-order chi connectivity index (χ0) is 9.30. The van der Waals surface area contributed by atoms with Gasteiger partial charge in [0.25, 0.3) is 0 Å². The first-order valence-corrected chi connectivity index (χ1v) is 4.57. The van der Waals surface area contributed by atoms with Gasteiger partial charge in [0.1, 0.15) is 5.82 Å². The van der Waals surface area contributed by atoms with E-state index in [1.54, 1.807) is 13.0 Å². The first-order valence-electron chi connectivity index (χ1n) is 3.49. The maximum Gasteiger partial charge on any atom is 0.161 e. The van der Waals surface area contributed by atoms with Crippen molar-refractivity contribution in [1.29, 1.82) is 0 Å². The molecular formula is C9H8FIO. The van der Waals surface area contributed by atoms with E-state index >= 15 is 0 Å².